The van der Waals surface area contributed by atoms with E-state index < -0.39 is 0 Å². The summed E-state index contributed by atoms with van der Waals surface area (Å²) in [6, 6.07) is 16.2. The SMILES string of the molecule is COc1ccc2[nH]c3ncnc(-c4cc(C)nc5ccccc45)c3c2c1. The first-order valence-corrected chi connectivity index (χ1v) is 8.42. The Kier molecular flexibility index (Phi) is 3.15. The van der Waals surface area contributed by atoms with Gasteiger partial charge in [-0.15, -0.1) is 0 Å². The number of hydrogen-bond donors (Lipinski definition) is 1. The minimum atomic E-state index is 0.809. The Labute approximate surface area is 149 Å². The van der Waals surface area contributed by atoms with Gasteiger partial charge in [0.05, 0.1) is 23.7 Å². The van der Waals surface area contributed by atoms with Gasteiger partial charge in [0.15, 0.2) is 0 Å². The minimum absolute atomic E-state index is 0.809. The average molecular weight is 340 g/mol. The van der Waals surface area contributed by atoms with Crippen molar-refractivity contribution in [2.75, 3.05) is 7.11 Å². The molecule has 0 atom stereocenters. The number of nitrogens with zero attached hydrogens (tertiary/aromatic N) is 3. The molecule has 0 radical (unpaired) electrons. The molecule has 5 rings (SSSR count). The van der Waals surface area contributed by atoms with Crippen LogP contribution in [0.4, 0.5) is 0 Å². The summed E-state index contributed by atoms with van der Waals surface area (Å²) >= 11 is 0. The smallest absolute Gasteiger partial charge is 0.142 e. The summed E-state index contributed by atoms with van der Waals surface area (Å²) in [7, 11) is 1.67. The zero-order chi connectivity index (χ0) is 17.7. The average Bonchev–Trinajstić information content (AvgIpc) is 3.05. The van der Waals surface area contributed by atoms with Gasteiger partial charge < -0.3 is 9.72 Å². The van der Waals surface area contributed by atoms with Crippen molar-refractivity contribution in [3.05, 3.63) is 60.6 Å². The number of ether oxygens (including phenoxy) is 1. The number of benzene rings is 2. The number of rotatable bonds is 2. The molecule has 0 aliphatic heterocycles. The van der Waals surface area contributed by atoms with Crippen molar-refractivity contribution in [3.63, 3.8) is 0 Å². The Morgan fingerprint density at radius 1 is 0.962 bits per heavy atom. The van der Waals surface area contributed by atoms with E-state index in [2.05, 4.69) is 32.1 Å². The fourth-order valence-corrected chi connectivity index (χ4v) is 3.54. The van der Waals surface area contributed by atoms with E-state index in [4.69, 9.17) is 4.74 Å². The normalized spacial score (nSPS) is 11.5. The fourth-order valence-electron chi connectivity index (χ4n) is 3.54. The lowest BCUT2D eigenvalue weighted by molar-refractivity contribution is 0.415. The number of methoxy groups -OCH3 is 1. The Morgan fingerprint density at radius 2 is 1.85 bits per heavy atom. The van der Waals surface area contributed by atoms with Gasteiger partial charge in [0.25, 0.3) is 0 Å². The van der Waals surface area contributed by atoms with Crippen molar-refractivity contribution in [1.29, 1.82) is 0 Å². The maximum atomic E-state index is 5.41. The van der Waals surface area contributed by atoms with Gasteiger partial charge >= 0.3 is 0 Å². The van der Waals surface area contributed by atoms with Crippen LogP contribution in [0.5, 0.6) is 5.75 Å². The quantitative estimate of drug-likeness (QED) is 0.508. The maximum Gasteiger partial charge on any atom is 0.142 e. The van der Waals surface area contributed by atoms with Gasteiger partial charge in [-0.25, -0.2) is 9.97 Å². The molecule has 5 nitrogen and oxygen atoms in total. The molecule has 0 aliphatic rings. The van der Waals surface area contributed by atoms with Gasteiger partial charge in [-0.05, 0) is 37.3 Å². The lowest BCUT2D eigenvalue weighted by Gasteiger charge is -2.09. The van der Waals surface area contributed by atoms with E-state index >= 15 is 0 Å². The van der Waals surface area contributed by atoms with E-state index in [1.54, 1.807) is 13.4 Å². The number of hydrogen-bond acceptors (Lipinski definition) is 4. The van der Waals surface area contributed by atoms with Crippen LogP contribution >= 0.6 is 0 Å². The van der Waals surface area contributed by atoms with E-state index in [0.717, 1.165) is 55.5 Å². The zero-order valence-corrected chi connectivity index (χ0v) is 14.4. The van der Waals surface area contributed by atoms with Crippen LogP contribution in [0.25, 0.3) is 44.1 Å². The molecule has 2 aromatic carbocycles. The number of pyridine rings is 1. The Morgan fingerprint density at radius 3 is 2.73 bits per heavy atom. The van der Waals surface area contributed by atoms with Crippen LogP contribution in [-0.2, 0) is 0 Å². The van der Waals surface area contributed by atoms with E-state index in [9.17, 15) is 0 Å². The molecule has 0 amide bonds. The number of aryl methyl sites for hydroxylation is 1. The highest BCUT2D eigenvalue weighted by molar-refractivity contribution is 6.14. The molecule has 26 heavy (non-hydrogen) atoms. The first-order chi connectivity index (χ1) is 12.7. The minimum Gasteiger partial charge on any atom is -0.497 e. The van der Waals surface area contributed by atoms with Crippen molar-refractivity contribution in [2.45, 2.75) is 6.92 Å². The van der Waals surface area contributed by atoms with Crippen molar-refractivity contribution in [1.82, 2.24) is 19.9 Å². The molecule has 5 heteroatoms. The second-order valence-corrected chi connectivity index (χ2v) is 6.31. The summed E-state index contributed by atoms with van der Waals surface area (Å²) in [6.07, 6.45) is 1.61. The summed E-state index contributed by atoms with van der Waals surface area (Å²) in [6.45, 7) is 2.01. The molecule has 0 bridgehead atoms. The number of aromatic nitrogens is 4. The maximum absolute atomic E-state index is 5.41. The number of para-hydroxylation sites is 1. The van der Waals surface area contributed by atoms with Crippen LogP contribution < -0.4 is 4.74 Å². The Hall–Kier alpha value is -3.47. The monoisotopic (exact) mass is 340 g/mol. The molecular formula is C21H16N4O. The van der Waals surface area contributed by atoms with Gasteiger partial charge in [0, 0.05) is 27.5 Å². The van der Waals surface area contributed by atoms with Crippen molar-refractivity contribution < 1.29 is 4.74 Å². The molecule has 0 saturated carbocycles. The first-order valence-electron chi connectivity index (χ1n) is 8.42. The summed E-state index contributed by atoms with van der Waals surface area (Å²) < 4.78 is 5.41. The van der Waals surface area contributed by atoms with Gasteiger partial charge in [-0.3, -0.25) is 4.98 Å². The highest BCUT2D eigenvalue weighted by Gasteiger charge is 2.16. The van der Waals surface area contributed by atoms with Crippen molar-refractivity contribution in [2.24, 2.45) is 0 Å². The second-order valence-electron chi connectivity index (χ2n) is 6.31. The third-order valence-corrected chi connectivity index (χ3v) is 4.70. The molecule has 0 spiro atoms. The third kappa shape index (κ3) is 2.14. The van der Waals surface area contributed by atoms with E-state index in [1.807, 2.05) is 43.3 Å². The third-order valence-electron chi connectivity index (χ3n) is 4.70. The first kappa shape index (κ1) is 14.8. The topological polar surface area (TPSA) is 63.7 Å². The van der Waals surface area contributed by atoms with Gasteiger partial charge in [-0.1, -0.05) is 18.2 Å². The predicted octanol–water partition coefficient (Wildman–Crippen LogP) is 4.64. The molecule has 3 aromatic heterocycles. The molecule has 0 fully saturated rings. The van der Waals surface area contributed by atoms with E-state index in [-0.39, 0.29) is 0 Å². The highest BCUT2D eigenvalue weighted by Crippen LogP contribution is 2.36. The second kappa shape index (κ2) is 5.52. The van der Waals surface area contributed by atoms with Crippen LogP contribution in [-0.4, -0.2) is 27.0 Å². The van der Waals surface area contributed by atoms with Crippen molar-refractivity contribution in [3.8, 4) is 17.0 Å². The molecule has 0 saturated heterocycles. The molecule has 126 valence electrons. The van der Waals surface area contributed by atoms with Crippen LogP contribution in [0.3, 0.4) is 0 Å². The van der Waals surface area contributed by atoms with E-state index in [1.165, 1.54) is 0 Å². The van der Waals surface area contributed by atoms with Crippen molar-refractivity contribution >= 4 is 32.8 Å². The van der Waals surface area contributed by atoms with Crippen LogP contribution in [0.15, 0.2) is 54.9 Å². The summed E-state index contributed by atoms with van der Waals surface area (Å²) in [5.74, 6) is 0.809. The lowest BCUT2D eigenvalue weighted by Crippen LogP contribution is -1.92. The molecule has 3 heterocycles. The van der Waals surface area contributed by atoms with Gasteiger partial charge in [-0.2, -0.15) is 0 Å². The highest BCUT2D eigenvalue weighted by atomic mass is 16.5. The summed E-state index contributed by atoms with van der Waals surface area (Å²) in [5.41, 5.74) is 5.71. The molecule has 0 aliphatic carbocycles. The van der Waals surface area contributed by atoms with Crippen LogP contribution in [0.2, 0.25) is 0 Å². The van der Waals surface area contributed by atoms with Crippen LogP contribution in [0.1, 0.15) is 5.69 Å². The molecule has 5 aromatic rings. The van der Waals surface area contributed by atoms with Crippen LogP contribution in [0, 0.1) is 6.92 Å². The Balaban J connectivity index is 1.94. The van der Waals surface area contributed by atoms with E-state index in [0.29, 0.717) is 0 Å². The molecule has 1 N–H and O–H groups in total. The summed E-state index contributed by atoms with van der Waals surface area (Å²) in [5, 5.41) is 3.13. The standard InChI is InChI=1S/C21H16N4O/c1-12-9-15(14-5-3-4-6-17(14)24-12)20-19-16-10-13(26-2)7-8-18(16)25-21(19)23-11-22-20/h3-11H,1-2H3,(H,22,23,25). The largest absolute Gasteiger partial charge is 0.497 e. The van der Waals surface area contributed by atoms with Gasteiger partial charge in [0.1, 0.15) is 17.7 Å². The zero-order valence-electron chi connectivity index (χ0n) is 14.4. The number of fused-ring (bicyclic) bond motifs is 4. The number of nitrogens with one attached hydrogen (secondary N) is 1. The molecule has 0 unspecified atom stereocenters. The Bertz CT molecular complexity index is 1290. The number of aromatic amines is 1. The summed E-state index contributed by atoms with van der Waals surface area (Å²) in [4.78, 5) is 17.1. The molecular weight excluding hydrogens is 324 g/mol. The lowest BCUT2D eigenvalue weighted by atomic mass is 10.0. The van der Waals surface area contributed by atoms with Gasteiger partial charge in [0.2, 0.25) is 0 Å². The number of H-pyrrole nitrogens is 1. The fraction of sp³-hybridized carbons (Fsp3) is 0.0952. The predicted molar refractivity (Wildman–Crippen MR) is 103 cm³/mol.